The minimum Gasteiger partial charge on any atom is -0.396 e. The van der Waals surface area contributed by atoms with Gasteiger partial charge in [0, 0.05) is 26.8 Å². The number of likely N-dealkylation sites (N-methyl/N-ethyl adjacent to an activating group) is 1. The van der Waals surface area contributed by atoms with Crippen LogP contribution in [0.4, 0.5) is 0 Å². The molecule has 5 heteroatoms. The summed E-state index contributed by atoms with van der Waals surface area (Å²) in [7, 11) is 1.66. The molecular formula is C12H27NO4. The summed E-state index contributed by atoms with van der Waals surface area (Å²) >= 11 is 0. The Kier molecular flexibility index (Phi) is 13.7. The van der Waals surface area contributed by atoms with Gasteiger partial charge in [-0.2, -0.15) is 0 Å². The lowest BCUT2D eigenvalue weighted by molar-refractivity contribution is 0.0195. The summed E-state index contributed by atoms with van der Waals surface area (Å²) in [5, 5.41) is 8.74. The van der Waals surface area contributed by atoms with E-state index in [1.54, 1.807) is 7.11 Å². The van der Waals surface area contributed by atoms with Crippen molar-refractivity contribution < 1.29 is 19.3 Å². The first kappa shape index (κ1) is 16.8. The number of nitrogens with zero attached hydrogens (tertiary/aromatic N) is 1. The van der Waals surface area contributed by atoms with Gasteiger partial charge in [0.05, 0.1) is 33.0 Å². The molecule has 0 rings (SSSR count). The minimum atomic E-state index is 0.255. The van der Waals surface area contributed by atoms with Gasteiger partial charge in [-0.3, -0.25) is 0 Å². The number of aliphatic hydroxyl groups is 1. The summed E-state index contributed by atoms with van der Waals surface area (Å²) in [6.45, 7) is 8.42. The standard InChI is InChI=1S/C12H27NO4/c1-3-13(5-4-7-14)6-8-16-11-12-17-10-9-15-2/h14H,3-12H2,1-2H3. The van der Waals surface area contributed by atoms with Crippen LogP contribution >= 0.6 is 0 Å². The Hall–Kier alpha value is -0.200. The summed E-state index contributed by atoms with van der Waals surface area (Å²) < 4.78 is 15.6. The second kappa shape index (κ2) is 13.9. The Morgan fingerprint density at radius 1 is 0.941 bits per heavy atom. The number of rotatable bonds is 13. The maximum atomic E-state index is 8.74. The van der Waals surface area contributed by atoms with Gasteiger partial charge in [-0.15, -0.1) is 0 Å². The molecule has 0 aromatic rings. The van der Waals surface area contributed by atoms with E-state index in [9.17, 15) is 0 Å². The third kappa shape index (κ3) is 12.1. The first-order chi connectivity index (χ1) is 8.35. The highest BCUT2D eigenvalue weighted by atomic mass is 16.5. The quantitative estimate of drug-likeness (QED) is 0.478. The molecule has 0 fully saturated rings. The van der Waals surface area contributed by atoms with Crippen molar-refractivity contribution in [3.63, 3.8) is 0 Å². The average molecular weight is 249 g/mol. The maximum Gasteiger partial charge on any atom is 0.0701 e. The normalized spacial score (nSPS) is 11.3. The van der Waals surface area contributed by atoms with Gasteiger partial charge in [-0.05, 0) is 13.0 Å². The average Bonchev–Trinajstić information content (AvgIpc) is 2.36. The van der Waals surface area contributed by atoms with Crippen molar-refractivity contribution >= 4 is 0 Å². The summed E-state index contributed by atoms with van der Waals surface area (Å²) in [6, 6.07) is 0. The molecule has 0 unspecified atom stereocenters. The SMILES string of the molecule is CCN(CCCO)CCOCCOCCOC. The predicted molar refractivity (Wildman–Crippen MR) is 67.3 cm³/mol. The van der Waals surface area contributed by atoms with E-state index in [2.05, 4.69) is 11.8 Å². The summed E-state index contributed by atoms with van der Waals surface area (Å²) in [4.78, 5) is 2.27. The highest BCUT2D eigenvalue weighted by molar-refractivity contribution is 4.54. The number of aliphatic hydroxyl groups excluding tert-OH is 1. The van der Waals surface area contributed by atoms with Gasteiger partial charge >= 0.3 is 0 Å². The lowest BCUT2D eigenvalue weighted by Gasteiger charge is -2.19. The molecule has 17 heavy (non-hydrogen) atoms. The number of hydrogen-bond donors (Lipinski definition) is 1. The molecule has 0 atom stereocenters. The van der Waals surface area contributed by atoms with Gasteiger partial charge in [0.1, 0.15) is 0 Å². The molecule has 0 spiro atoms. The lowest BCUT2D eigenvalue weighted by Crippen LogP contribution is -2.29. The van der Waals surface area contributed by atoms with Crippen LogP contribution in [0.5, 0.6) is 0 Å². The van der Waals surface area contributed by atoms with E-state index in [1.165, 1.54) is 0 Å². The molecule has 1 N–H and O–H groups in total. The minimum absolute atomic E-state index is 0.255. The van der Waals surface area contributed by atoms with Crippen molar-refractivity contribution in [3.8, 4) is 0 Å². The third-order valence-electron chi connectivity index (χ3n) is 2.44. The van der Waals surface area contributed by atoms with E-state index >= 15 is 0 Å². The molecule has 0 amide bonds. The zero-order chi connectivity index (χ0) is 12.8. The monoisotopic (exact) mass is 249 g/mol. The van der Waals surface area contributed by atoms with Crippen molar-refractivity contribution in [3.05, 3.63) is 0 Å². The Labute approximate surface area is 105 Å². The summed E-state index contributed by atoms with van der Waals surface area (Å²) in [6.07, 6.45) is 0.827. The predicted octanol–water partition coefficient (Wildman–Crippen LogP) is 0.370. The fourth-order valence-corrected chi connectivity index (χ4v) is 1.38. The van der Waals surface area contributed by atoms with Gasteiger partial charge in [-0.1, -0.05) is 6.92 Å². The van der Waals surface area contributed by atoms with Crippen molar-refractivity contribution in [2.75, 3.05) is 66.4 Å². The molecule has 0 aliphatic carbocycles. The molecule has 0 aliphatic heterocycles. The first-order valence-electron chi connectivity index (χ1n) is 6.32. The van der Waals surface area contributed by atoms with Gasteiger partial charge in [0.2, 0.25) is 0 Å². The summed E-state index contributed by atoms with van der Waals surface area (Å²) in [5.74, 6) is 0. The molecule has 0 saturated carbocycles. The number of methoxy groups -OCH3 is 1. The van der Waals surface area contributed by atoms with Gasteiger partial charge < -0.3 is 24.2 Å². The zero-order valence-electron chi connectivity index (χ0n) is 11.2. The second-order valence-electron chi connectivity index (χ2n) is 3.73. The van der Waals surface area contributed by atoms with Crippen molar-refractivity contribution in [1.82, 2.24) is 4.90 Å². The van der Waals surface area contributed by atoms with Crippen LogP contribution in [0, 0.1) is 0 Å². The Bertz CT molecular complexity index is 146. The fourth-order valence-electron chi connectivity index (χ4n) is 1.38. The van der Waals surface area contributed by atoms with Crippen LogP contribution in [0.15, 0.2) is 0 Å². The molecular weight excluding hydrogens is 222 g/mol. The Balaban J connectivity index is 3.19. The molecule has 0 aromatic carbocycles. The largest absolute Gasteiger partial charge is 0.396 e. The number of ether oxygens (including phenoxy) is 3. The first-order valence-corrected chi connectivity index (χ1v) is 6.32. The van der Waals surface area contributed by atoms with E-state index in [0.29, 0.717) is 33.0 Å². The molecule has 0 radical (unpaired) electrons. The van der Waals surface area contributed by atoms with Crippen LogP contribution in [0.1, 0.15) is 13.3 Å². The van der Waals surface area contributed by atoms with Gasteiger partial charge in [0.15, 0.2) is 0 Å². The van der Waals surface area contributed by atoms with Crippen molar-refractivity contribution in [1.29, 1.82) is 0 Å². The van der Waals surface area contributed by atoms with Crippen molar-refractivity contribution in [2.24, 2.45) is 0 Å². The molecule has 0 heterocycles. The van der Waals surface area contributed by atoms with E-state index < -0.39 is 0 Å². The zero-order valence-corrected chi connectivity index (χ0v) is 11.2. The van der Waals surface area contributed by atoms with Gasteiger partial charge in [-0.25, -0.2) is 0 Å². The molecule has 104 valence electrons. The summed E-state index contributed by atoms with van der Waals surface area (Å²) in [5.41, 5.74) is 0. The maximum absolute atomic E-state index is 8.74. The van der Waals surface area contributed by atoms with Crippen LogP contribution in [0.25, 0.3) is 0 Å². The van der Waals surface area contributed by atoms with Crippen molar-refractivity contribution in [2.45, 2.75) is 13.3 Å². The fraction of sp³-hybridized carbons (Fsp3) is 1.00. The van der Waals surface area contributed by atoms with Crippen LogP contribution in [0.2, 0.25) is 0 Å². The second-order valence-corrected chi connectivity index (χ2v) is 3.73. The van der Waals surface area contributed by atoms with Crippen LogP contribution in [-0.4, -0.2) is 76.4 Å². The topological polar surface area (TPSA) is 51.2 Å². The molecule has 0 bridgehead atoms. The van der Waals surface area contributed by atoms with Crippen LogP contribution < -0.4 is 0 Å². The molecule has 0 saturated heterocycles. The highest BCUT2D eigenvalue weighted by Gasteiger charge is 2.00. The van der Waals surface area contributed by atoms with E-state index in [0.717, 1.165) is 26.1 Å². The Morgan fingerprint density at radius 3 is 2.18 bits per heavy atom. The highest BCUT2D eigenvalue weighted by Crippen LogP contribution is 1.91. The Morgan fingerprint density at radius 2 is 1.59 bits per heavy atom. The number of hydrogen-bond acceptors (Lipinski definition) is 5. The molecule has 5 nitrogen and oxygen atoms in total. The van der Waals surface area contributed by atoms with Crippen LogP contribution in [0.3, 0.4) is 0 Å². The van der Waals surface area contributed by atoms with E-state index in [4.69, 9.17) is 19.3 Å². The molecule has 0 aliphatic rings. The van der Waals surface area contributed by atoms with Crippen LogP contribution in [-0.2, 0) is 14.2 Å². The van der Waals surface area contributed by atoms with E-state index in [1.807, 2.05) is 0 Å². The molecule has 0 aromatic heterocycles. The smallest absolute Gasteiger partial charge is 0.0701 e. The third-order valence-corrected chi connectivity index (χ3v) is 2.44. The van der Waals surface area contributed by atoms with Gasteiger partial charge in [0.25, 0.3) is 0 Å². The lowest BCUT2D eigenvalue weighted by atomic mass is 10.4. The van der Waals surface area contributed by atoms with E-state index in [-0.39, 0.29) is 6.61 Å².